The summed E-state index contributed by atoms with van der Waals surface area (Å²) in [5.41, 5.74) is 3.00. The van der Waals surface area contributed by atoms with Crippen LogP contribution in [0.3, 0.4) is 0 Å². The molecule has 4 nitrogen and oxygen atoms in total. The molecule has 0 N–H and O–H groups in total. The number of hydrogen-bond donors (Lipinski definition) is 0. The minimum atomic E-state index is -0.403. The number of halogens is 2. The van der Waals surface area contributed by atoms with Gasteiger partial charge in [0.15, 0.2) is 0 Å². The van der Waals surface area contributed by atoms with Crippen molar-refractivity contribution in [1.29, 1.82) is 0 Å². The molecule has 7 heteroatoms. The number of carbonyl (C=O) groups is 1. The van der Waals surface area contributed by atoms with Gasteiger partial charge in [0.1, 0.15) is 16.4 Å². The Hall–Kier alpha value is -2.96. The van der Waals surface area contributed by atoms with Crippen molar-refractivity contribution in [3.8, 4) is 16.9 Å². The lowest BCUT2D eigenvalue weighted by Crippen LogP contribution is -2.41. The molecule has 2 aromatic heterocycles. The second kappa shape index (κ2) is 11.2. The Morgan fingerprint density at radius 3 is 2.54 bits per heavy atom. The quantitative estimate of drug-likeness (QED) is 0.238. The van der Waals surface area contributed by atoms with Gasteiger partial charge in [-0.15, -0.1) is 11.3 Å². The van der Waals surface area contributed by atoms with E-state index in [0.717, 1.165) is 54.5 Å². The van der Waals surface area contributed by atoms with Gasteiger partial charge in [-0.3, -0.25) is 9.78 Å². The van der Waals surface area contributed by atoms with Gasteiger partial charge in [-0.05, 0) is 79.1 Å². The fraction of sp³-hybridized carbons (Fsp3) is 0.333. The summed E-state index contributed by atoms with van der Waals surface area (Å²) < 4.78 is 21.0. The first kappa shape index (κ1) is 25.7. The molecule has 1 fully saturated rings. The van der Waals surface area contributed by atoms with E-state index < -0.39 is 5.82 Å². The summed E-state index contributed by atoms with van der Waals surface area (Å²) in [7, 11) is 1.65. The van der Waals surface area contributed by atoms with Gasteiger partial charge in [-0.2, -0.15) is 0 Å². The number of fused-ring (bicyclic) bond motifs is 1. The Morgan fingerprint density at radius 1 is 1.11 bits per heavy atom. The smallest absolute Gasteiger partial charge is 0.266 e. The van der Waals surface area contributed by atoms with Crippen molar-refractivity contribution in [1.82, 2.24) is 9.88 Å². The summed E-state index contributed by atoms with van der Waals surface area (Å²) in [6.45, 7) is 2.62. The summed E-state index contributed by atoms with van der Waals surface area (Å²) >= 11 is 7.91. The predicted octanol–water partition coefficient (Wildman–Crippen LogP) is 8.38. The predicted molar refractivity (Wildman–Crippen MR) is 149 cm³/mol. The minimum Gasteiger partial charge on any atom is -0.496 e. The third-order valence-corrected chi connectivity index (χ3v) is 9.16. The SMILES string of the molecule is CCC1CCC(N(Cc2cc(-c3ccncc3)ccc2OC)C(=O)c2sc3cccc(F)c3c2Cl)CC1. The number of hydrogen-bond acceptors (Lipinski definition) is 4. The molecule has 2 aromatic carbocycles. The maximum Gasteiger partial charge on any atom is 0.266 e. The Balaban J connectivity index is 1.54. The molecule has 2 heterocycles. The number of thiophene rings is 1. The second-order valence-corrected chi connectivity index (χ2v) is 11.1. The van der Waals surface area contributed by atoms with Gasteiger partial charge in [-0.25, -0.2) is 4.39 Å². The zero-order valence-electron chi connectivity index (χ0n) is 21.0. The molecule has 192 valence electrons. The Labute approximate surface area is 226 Å². The van der Waals surface area contributed by atoms with Crippen LogP contribution in [-0.4, -0.2) is 28.9 Å². The monoisotopic (exact) mass is 536 g/mol. The van der Waals surface area contributed by atoms with E-state index in [2.05, 4.69) is 18.0 Å². The van der Waals surface area contributed by atoms with Gasteiger partial charge in [0, 0.05) is 40.6 Å². The maximum absolute atomic E-state index is 14.6. The van der Waals surface area contributed by atoms with Crippen LogP contribution >= 0.6 is 22.9 Å². The molecule has 1 aliphatic carbocycles. The van der Waals surface area contributed by atoms with Crippen LogP contribution in [0, 0.1) is 11.7 Å². The van der Waals surface area contributed by atoms with Crippen LogP contribution in [0.5, 0.6) is 5.75 Å². The van der Waals surface area contributed by atoms with E-state index >= 15 is 0 Å². The number of nitrogens with zero attached hydrogens (tertiary/aromatic N) is 2. The highest BCUT2D eigenvalue weighted by atomic mass is 35.5. The Bertz CT molecular complexity index is 1400. The summed E-state index contributed by atoms with van der Waals surface area (Å²) in [4.78, 5) is 20.6. The van der Waals surface area contributed by atoms with E-state index in [1.807, 2.05) is 35.2 Å². The molecule has 0 bridgehead atoms. The molecule has 1 saturated carbocycles. The average Bonchev–Trinajstić information content (AvgIpc) is 3.29. The van der Waals surface area contributed by atoms with Gasteiger partial charge < -0.3 is 9.64 Å². The van der Waals surface area contributed by atoms with Crippen LogP contribution in [0.25, 0.3) is 21.2 Å². The molecule has 37 heavy (non-hydrogen) atoms. The zero-order valence-corrected chi connectivity index (χ0v) is 22.6. The molecule has 5 rings (SSSR count). The first-order valence-corrected chi connectivity index (χ1v) is 13.9. The van der Waals surface area contributed by atoms with E-state index in [1.54, 1.807) is 25.6 Å². The van der Waals surface area contributed by atoms with E-state index in [4.69, 9.17) is 16.3 Å². The van der Waals surface area contributed by atoms with Crippen molar-refractivity contribution in [3.05, 3.63) is 82.2 Å². The highest BCUT2D eigenvalue weighted by molar-refractivity contribution is 7.21. The summed E-state index contributed by atoms with van der Waals surface area (Å²) in [6.07, 6.45) is 8.75. The van der Waals surface area contributed by atoms with Gasteiger partial charge in [0.2, 0.25) is 0 Å². The molecule has 4 aromatic rings. The number of rotatable bonds is 7. The molecule has 0 atom stereocenters. The third kappa shape index (κ3) is 5.23. The van der Waals surface area contributed by atoms with Crippen LogP contribution in [0.1, 0.15) is 54.3 Å². The maximum atomic E-state index is 14.6. The lowest BCUT2D eigenvalue weighted by atomic mass is 9.83. The second-order valence-electron chi connectivity index (χ2n) is 9.64. The van der Waals surface area contributed by atoms with E-state index in [1.165, 1.54) is 17.4 Å². The number of methoxy groups -OCH3 is 1. The van der Waals surface area contributed by atoms with Crippen molar-refractivity contribution in [3.63, 3.8) is 0 Å². The molecule has 0 spiro atoms. The fourth-order valence-electron chi connectivity index (χ4n) is 5.38. The Morgan fingerprint density at radius 2 is 1.86 bits per heavy atom. The van der Waals surface area contributed by atoms with Gasteiger partial charge in [0.25, 0.3) is 5.91 Å². The average molecular weight is 537 g/mol. The zero-order chi connectivity index (χ0) is 25.9. The number of amides is 1. The molecule has 0 saturated heterocycles. The van der Waals surface area contributed by atoms with Crippen LogP contribution < -0.4 is 4.74 Å². The number of benzene rings is 2. The number of carbonyl (C=O) groups excluding carboxylic acids is 1. The van der Waals surface area contributed by atoms with Crippen molar-refractivity contribution in [2.24, 2.45) is 5.92 Å². The van der Waals surface area contributed by atoms with Crippen LogP contribution in [0.4, 0.5) is 4.39 Å². The van der Waals surface area contributed by atoms with E-state index in [9.17, 15) is 9.18 Å². The molecule has 1 amide bonds. The van der Waals surface area contributed by atoms with Gasteiger partial charge >= 0.3 is 0 Å². The van der Waals surface area contributed by atoms with Crippen molar-refractivity contribution >= 4 is 38.9 Å². The lowest BCUT2D eigenvalue weighted by Gasteiger charge is -2.37. The van der Waals surface area contributed by atoms with E-state index in [-0.39, 0.29) is 17.0 Å². The third-order valence-electron chi connectivity index (χ3n) is 7.53. The lowest BCUT2D eigenvalue weighted by molar-refractivity contribution is 0.0591. The largest absolute Gasteiger partial charge is 0.496 e. The van der Waals surface area contributed by atoms with Gasteiger partial charge in [-0.1, -0.05) is 37.1 Å². The van der Waals surface area contributed by atoms with Crippen molar-refractivity contribution < 1.29 is 13.9 Å². The fourth-order valence-corrected chi connectivity index (χ4v) is 6.89. The summed E-state index contributed by atoms with van der Waals surface area (Å²) in [5, 5.41) is 0.525. The normalized spacial score (nSPS) is 17.6. The molecule has 0 radical (unpaired) electrons. The molecule has 0 aliphatic heterocycles. The highest BCUT2D eigenvalue weighted by Gasteiger charge is 2.32. The highest BCUT2D eigenvalue weighted by Crippen LogP contribution is 2.40. The van der Waals surface area contributed by atoms with Crippen LogP contribution in [0.15, 0.2) is 60.9 Å². The Kier molecular flexibility index (Phi) is 7.77. The van der Waals surface area contributed by atoms with Crippen molar-refractivity contribution in [2.45, 2.75) is 51.6 Å². The van der Waals surface area contributed by atoms with Gasteiger partial charge in [0.05, 0.1) is 12.1 Å². The molecule has 0 unspecified atom stereocenters. The van der Waals surface area contributed by atoms with Crippen LogP contribution in [-0.2, 0) is 6.54 Å². The summed E-state index contributed by atoms with van der Waals surface area (Å²) in [5.74, 6) is 0.868. The van der Waals surface area contributed by atoms with Crippen molar-refractivity contribution in [2.75, 3.05) is 7.11 Å². The molecular weight excluding hydrogens is 507 g/mol. The number of pyridine rings is 1. The molecular formula is C30H30ClFN2O2S. The number of aromatic nitrogens is 1. The topological polar surface area (TPSA) is 42.4 Å². The molecule has 1 aliphatic rings. The number of ether oxygens (including phenoxy) is 1. The van der Waals surface area contributed by atoms with Crippen LogP contribution in [0.2, 0.25) is 5.02 Å². The first-order chi connectivity index (χ1) is 18.0. The van der Waals surface area contributed by atoms with E-state index in [0.29, 0.717) is 27.4 Å². The standard InChI is InChI=1S/C30H30ClFN2O2S/c1-3-19-7-10-23(11-8-19)34(30(35)29-28(31)27-24(32)5-4-6-26(27)37-29)18-22-17-21(9-12-25(22)36-2)20-13-15-33-16-14-20/h4-6,9,12-17,19,23H,3,7-8,10-11,18H2,1-2H3. The first-order valence-electron chi connectivity index (χ1n) is 12.7. The summed E-state index contributed by atoms with van der Waals surface area (Å²) in [6, 6.07) is 14.9. The minimum absolute atomic E-state index is 0.0794.